The Kier molecular flexibility index (Phi) is 10.3. The van der Waals surface area contributed by atoms with Crippen LogP contribution in [0.2, 0.25) is 0 Å². The highest BCUT2D eigenvalue weighted by Gasteiger charge is 2.53. The number of benzene rings is 1. The molecule has 1 aromatic heterocycles. The third-order valence-electron chi connectivity index (χ3n) is 7.26. The van der Waals surface area contributed by atoms with E-state index < -0.39 is 66.8 Å². The largest absolute Gasteiger partial charge is 0.504 e. The van der Waals surface area contributed by atoms with E-state index in [9.17, 15) is 29.1 Å². The number of hydrogen-bond acceptors (Lipinski definition) is 14. The van der Waals surface area contributed by atoms with Crippen LogP contribution in [0.15, 0.2) is 27.4 Å². The second kappa shape index (κ2) is 14.0. The molecule has 240 valence electrons. The van der Waals surface area contributed by atoms with Gasteiger partial charge >= 0.3 is 29.5 Å². The van der Waals surface area contributed by atoms with Gasteiger partial charge in [0, 0.05) is 33.8 Å². The van der Waals surface area contributed by atoms with E-state index in [1.165, 1.54) is 18.2 Å². The molecule has 1 saturated carbocycles. The monoisotopic (exact) mass is 620 g/mol. The van der Waals surface area contributed by atoms with E-state index in [1.54, 1.807) is 0 Å². The Morgan fingerprint density at radius 2 is 1.45 bits per heavy atom. The minimum Gasteiger partial charge on any atom is -0.504 e. The zero-order valence-corrected chi connectivity index (χ0v) is 25.1. The molecule has 14 heteroatoms. The fourth-order valence-electron chi connectivity index (χ4n) is 5.26. The number of rotatable bonds is 9. The molecule has 44 heavy (non-hydrogen) atoms. The molecule has 0 unspecified atom stereocenters. The van der Waals surface area contributed by atoms with Crippen LogP contribution in [0.25, 0.3) is 11.0 Å². The van der Waals surface area contributed by atoms with E-state index in [1.807, 2.05) is 0 Å². The van der Waals surface area contributed by atoms with Gasteiger partial charge in [-0.15, -0.1) is 0 Å². The van der Waals surface area contributed by atoms with Gasteiger partial charge in [0.1, 0.15) is 24.0 Å². The molecule has 5 atom stereocenters. The number of esters is 4. The van der Waals surface area contributed by atoms with Gasteiger partial charge in [-0.1, -0.05) is 6.92 Å². The smallest absolute Gasteiger partial charge is 0.383 e. The maximum absolute atomic E-state index is 12.8. The third kappa shape index (κ3) is 7.98. The molecule has 2 heterocycles. The summed E-state index contributed by atoms with van der Waals surface area (Å²) in [6.45, 7) is 6.20. The van der Waals surface area contributed by atoms with Gasteiger partial charge in [-0.3, -0.25) is 19.2 Å². The highest BCUT2D eigenvalue weighted by atomic mass is 16.7. The van der Waals surface area contributed by atoms with Gasteiger partial charge in [-0.25, -0.2) is 4.79 Å². The quantitative estimate of drug-likeness (QED) is 0.245. The molecule has 1 saturated heterocycles. The Morgan fingerprint density at radius 1 is 0.841 bits per heavy atom. The van der Waals surface area contributed by atoms with E-state index in [0.717, 1.165) is 53.4 Å². The SMILES string of the molecule is CC(=O)OC[C@H]1O[C@@H](Oc2ccc3c(O)c(OC4CCC(C)CC4)c(=O)oc3c2)[C@H](OC(C)=O)[C@@H](OC(C)=O)[C@H]1OC(C)=O. The molecule has 1 aliphatic carbocycles. The summed E-state index contributed by atoms with van der Waals surface area (Å²) in [7, 11) is 0. The molecule has 2 fully saturated rings. The molecule has 0 bridgehead atoms. The zero-order chi connectivity index (χ0) is 32.1. The first-order chi connectivity index (χ1) is 20.8. The molecule has 4 rings (SSSR count). The summed E-state index contributed by atoms with van der Waals surface area (Å²) >= 11 is 0. The van der Waals surface area contributed by atoms with Crippen molar-refractivity contribution < 1.29 is 61.9 Å². The fourth-order valence-corrected chi connectivity index (χ4v) is 5.26. The van der Waals surface area contributed by atoms with Crippen LogP contribution in [0.4, 0.5) is 0 Å². The van der Waals surface area contributed by atoms with E-state index in [-0.39, 0.29) is 34.3 Å². The Balaban J connectivity index is 1.66. The third-order valence-corrected chi connectivity index (χ3v) is 7.26. The molecule has 1 aromatic carbocycles. The lowest BCUT2D eigenvalue weighted by molar-refractivity contribution is -0.288. The number of carbonyl (C=O) groups excluding carboxylic acids is 4. The van der Waals surface area contributed by atoms with Crippen LogP contribution in [-0.4, -0.2) is 72.4 Å². The van der Waals surface area contributed by atoms with Gasteiger partial charge in [0.15, 0.2) is 18.0 Å². The van der Waals surface area contributed by atoms with E-state index in [2.05, 4.69) is 6.92 Å². The summed E-state index contributed by atoms with van der Waals surface area (Å²) in [5.41, 5.74) is -0.918. The minimum absolute atomic E-state index is 0.0379. The van der Waals surface area contributed by atoms with Crippen LogP contribution in [0, 0.1) is 5.92 Å². The van der Waals surface area contributed by atoms with Crippen molar-refractivity contribution in [2.75, 3.05) is 6.61 Å². The summed E-state index contributed by atoms with van der Waals surface area (Å²) in [4.78, 5) is 60.4. The first kappa shape index (κ1) is 32.6. The Labute approximate surface area is 252 Å². The normalized spacial score (nSPS) is 26.7. The van der Waals surface area contributed by atoms with Gasteiger partial charge in [0.25, 0.3) is 0 Å². The standard InChI is InChI=1S/C30H36O14/c1-14-6-8-19(9-7-14)41-26-24(35)21-11-10-20(12-22(21)43-29(26)36)42-30-28(40-18(5)34)27(39-17(4)33)25(38-16(3)32)23(44-30)13-37-15(2)31/h10-12,14,19,23,25,27-28,30,35H,6-9,13H2,1-5H3/t14?,19?,23-,25+,27+,28-,30-/m1/s1. The van der Waals surface area contributed by atoms with Crippen molar-refractivity contribution in [3.8, 4) is 17.2 Å². The molecule has 1 aliphatic heterocycles. The van der Waals surface area contributed by atoms with Crippen molar-refractivity contribution in [3.05, 3.63) is 28.6 Å². The Bertz CT molecular complexity index is 1440. The number of carbonyl (C=O) groups is 4. The summed E-state index contributed by atoms with van der Waals surface area (Å²) in [6.07, 6.45) is -3.77. The van der Waals surface area contributed by atoms with Gasteiger partial charge in [0.05, 0.1) is 11.5 Å². The molecule has 0 amide bonds. The molecule has 2 aromatic rings. The first-order valence-electron chi connectivity index (χ1n) is 14.3. The minimum atomic E-state index is -1.50. The van der Waals surface area contributed by atoms with Crippen LogP contribution in [-0.2, 0) is 42.9 Å². The van der Waals surface area contributed by atoms with Crippen molar-refractivity contribution in [3.63, 3.8) is 0 Å². The van der Waals surface area contributed by atoms with Gasteiger partial charge in [-0.05, 0) is 43.7 Å². The van der Waals surface area contributed by atoms with Crippen molar-refractivity contribution >= 4 is 34.8 Å². The van der Waals surface area contributed by atoms with Crippen LogP contribution in [0.5, 0.6) is 17.2 Å². The van der Waals surface area contributed by atoms with Crippen molar-refractivity contribution in [2.45, 2.75) is 97.1 Å². The second-order valence-corrected chi connectivity index (χ2v) is 10.9. The summed E-state index contributed by atoms with van der Waals surface area (Å²) in [5, 5.41) is 11.1. The Morgan fingerprint density at radius 3 is 2.07 bits per heavy atom. The molecular formula is C30H36O14. The number of ether oxygens (including phenoxy) is 7. The maximum Gasteiger partial charge on any atom is 0.383 e. The summed E-state index contributed by atoms with van der Waals surface area (Å²) in [6, 6.07) is 4.17. The lowest BCUT2D eigenvalue weighted by Gasteiger charge is -2.43. The topological polar surface area (TPSA) is 183 Å². The highest BCUT2D eigenvalue weighted by Crippen LogP contribution is 2.37. The van der Waals surface area contributed by atoms with Crippen molar-refractivity contribution in [1.29, 1.82) is 0 Å². The average molecular weight is 621 g/mol. The van der Waals surface area contributed by atoms with Crippen molar-refractivity contribution in [1.82, 2.24) is 0 Å². The molecule has 2 aliphatic rings. The fraction of sp³-hybridized carbons (Fsp3) is 0.567. The molecule has 0 spiro atoms. The van der Waals surface area contributed by atoms with Crippen molar-refractivity contribution in [2.24, 2.45) is 5.92 Å². The van der Waals surface area contributed by atoms with Crippen LogP contribution < -0.4 is 15.1 Å². The first-order valence-corrected chi connectivity index (χ1v) is 14.3. The predicted octanol–water partition coefficient (Wildman–Crippen LogP) is 2.92. The van der Waals surface area contributed by atoms with E-state index >= 15 is 0 Å². The lowest BCUT2D eigenvalue weighted by atomic mass is 9.89. The van der Waals surface area contributed by atoms with Crippen LogP contribution in [0.3, 0.4) is 0 Å². The maximum atomic E-state index is 12.8. The number of hydrogen-bond donors (Lipinski definition) is 1. The number of aromatic hydroxyl groups is 1. The Hall–Kier alpha value is -4.33. The van der Waals surface area contributed by atoms with Gasteiger partial charge < -0.3 is 42.7 Å². The highest BCUT2D eigenvalue weighted by molar-refractivity contribution is 5.86. The average Bonchev–Trinajstić information content (AvgIpc) is 2.93. The second-order valence-electron chi connectivity index (χ2n) is 10.9. The van der Waals surface area contributed by atoms with Crippen LogP contribution >= 0.6 is 0 Å². The zero-order valence-electron chi connectivity index (χ0n) is 25.1. The van der Waals surface area contributed by atoms with Crippen LogP contribution in [0.1, 0.15) is 60.3 Å². The summed E-state index contributed by atoms with van der Waals surface area (Å²) in [5.74, 6) is -3.06. The molecule has 0 radical (unpaired) electrons. The molecule has 14 nitrogen and oxygen atoms in total. The van der Waals surface area contributed by atoms with E-state index in [4.69, 9.17) is 37.6 Å². The summed E-state index contributed by atoms with van der Waals surface area (Å²) < 4.78 is 44.4. The lowest BCUT2D eigenvalue weighted by Crippen LogP contribution is -2.63. The molecule has 1 N–H and O–H groups in total. The van der Waals surface area contributed by atoms with Gasteiger partial charge in [-0.2, -0.15) is 0 Å². The van der Waals surface area contributed by atoms with E-state index in [0.29, 0.717) is 5.92 Å². The predicted molar refractivity (Wildman–Crippen MR) is 149 cm³/mol. The molecular weight excluding hydrogens is 584 g/mol. The number of fused-ring (bicyclic) bond motifs is 1. The van der Waals surface area contributed by atoms with Gasteiger partial charge in [0.2, 0.25) is 18.1 Å².